The predicted octanol–water partition coefficient (Wildman–Crippen LogP) is 4.97. The van der Waals surface area contributed by atoms with E-state index in [-0.39, 0.29) is 11.2 Å². The molecule has 0 N–H and O–H groups in total. The average Bonchev–Trinajstić information content (AvgIpc) is 2.59. The van der Waals surface area contributed by atoms with E-state index in [1.807, 2.05) is 36.4 Å². The molecule has 0 bridgehead atoms. The minimum absolute atomic E-state index is 0.142. The zero-order chi connectivity index (χ0) is 17.9. The van der Waals surface area contributed by atoms with E-state index < -0.39 is 0 Å². The molecule has 2 aromatic heterocycles. The van der Waals surface area contributed by atoms with E-state index in [0.29, 0.717) is 5.92 Å². The first-order chi connectivity index (χ1) is 11.9. The number of hydrogen-bond donors (Lipinski definition) is 0. The molecule has 1 aliphatic carbocycles. The van der Waals surface area contributed by atoms with E-state index in [9.17, 15) is 4.79 Å². The van der Waals surface area contributed by atoms with Crippen molar-refractivity contribution in [3.8, 4) is 0 Å². The number of nitrogens with zero attached hydrogens (tertiary/aromatic N) is 2. The molecule has 2 heterocycles. The van der Waals surface area contributed by atoms with Crippen molar-refractivity contribution in [3.63, 3.8) is 0 Å². The fourth-order valence-electron chi connectivity index (χ4n) is 3.18. The second-order valence-corrected chi connectivity index (χ2v) is 7.71. The third-order valence-corrected chi connectivity index (χ3v) is 4.79. The minimum atomic E-state index is 0.142. The lowest BCUT2D eigenvalue weighted by Crippen LogP contribution is -2.29. The third kappa shape index (κ3) is 4.30. The normalized spacial score (nSPS) is 21.7. The molecule has 0 saturated heterocycles. The fraction of sp³-hybridized carbons (Fsp3) is 0.318. The van der Waals surface area contributed by atoms with Gasteiger partial charge in [0.15, 0.2) is 5.78 Å². The first-order valence-electron chi connectivity index (χ1n) is 8.69. The number of aromatic nitrogens is 2. The number of Topliss-reactive ketones (excluding diaryl/α,β-unsaturated/α-hetero) is 1. The van der Waals surface area contributed by atoms with E-state index in [1.54, 1.807) is 24.8 Å². The molecule has 128 valence electrons. The standard InChI is InChI=1S/C22H24N2O/c1-22(2,3)20-12-18(10-16-6-4-8-23-14-16)21(25)19(13-20)11-17-7-5-9-24-15-17/h4-11,14-15,20H,12-13H2,1-3H3/b18-10-,19-11-. The van der Waals surface area contributed by atoms with Gasteiger partial charge in [-0.15, -0.1) is 0 Å². The third-order valence-electron chi connectivity index (χ3n) is 4.79. The summed E-state index contributed by atoms with van der Waals surface area (Å²) in [5.41, 5.74) is 3.83. The van der Waals surface area contributed by atoms with Crippen molar-refractivity contribution in [1.29, 1.82) is 0 Å². The molecular weight excluding hydrogens is 308 g/mol. The second kappa shape index (κ2) is 7.14. The van der Waals surface area contributed by atoms with E-state index in [4.69, 9.17) is 0 Å². The van der Waals surface area contributed by atoms with Crippen LogP contribution >= 0.6 is 0 Å². The lowest BCUT2D eigenvalue weighted by Gasteiger charge is -2.35. The number of carbonyl (C=O) groups excluding carboxylic acids is 1. The van der Waals surface area contributed by atoms with Crippen LogP contribution in [0.1, 0.15) is 44.7 Å². The summed E-state index contributed by atoms with van der Waals surface area (Å²) in [6.45, 7) is 6.74. The van der Waals surface area contributed by atoms with E-state index >= 15 is 0 Å². The van der Waals surface area contributed by atoms with Crippen LogP contribution in [-0.4, -0.2) is 15.8 Å². The maximum Gasteiger partial charge on any atom is 0.185 e. The van der Waals surface area contributed by atoms with Crippen LogP contribution in [0.15, 0.2) is 60.2 Å². The van der Waals surface area contributed by atoms with Crippen molar-refractivity contribution in [2.24, 2.45) is 11.3 Å². The van der Waals surface area contributed by atoms with Gasteiger partial charge in [-0.2, -0.15) is 0 Å². The Bertz CT molecular complexity index is 737. The van der Waals surface area contributed by atoms with Gasteiger partial charge in [0.05, 0.1) is 0 Å². The summed E-state index contributed by atoms with van der Waals surface area (Å²) in [7, 11) is 0. The van der Waals surface area contributed by atoms with Gasteiger partial charge in [-0.25, -0.2) is 0 Å². The minimum Gasteiger partial charge on any atom is -0.289 e. The Morgan fingerprint density at radius 3 is 1.76 bits per heavy atom. The number of allylic oxidation sites excluding steroid dienone is 2. The summed E-state index contributed by atoms with van der Waals surface area (Å²) in [6, 6.07) is 7.76. The highest BCUT2D eigenvalue weighted by atomic mass is 16.1. The van der Waals surface area contributed by atoms with Gasteiger partial charge < -0.3 is 0 Å². The van der Waals surface area contributed by atoms with Gasteiger partial charge in [0.2, 0.25) is 0 Å². The lowest BCUT2D eigenvalue weighted by molar-refractivity contribution is -0.113. The van der Waals surface area contributed by atoms with Gasteiger partial charge in [0, 0.05) is 35.9 Å². The molecule has 0 atom stereocenters. The molecule has 0 spiro atoms. The number of pyridine rings is 2. The van der Waals surface area contributed by atoms with E-state index in [0.717, 1.165) is 35.1 Å². The van der Waals surface area contributed by atoms with Gasteiger partial charge >= 0.3 is 0 Å². The maximum absolute atomic E-state index is 13.0. The van der Waals surface area contributed by atoms with Crippen LogP contribution in [0, 0.1) is 11.3 Å². The first kappa shape index (κ1) is 17.3. The number of ketones is 1. The Morgan fingerprint density at radius 2 is 1.40 bits per heavy atom. The molecule has 0 aliphatic heterocycles. The van der Waals surface area contributed by atoms with Crippen LogP contribution in [0.4, 0.5) is 0 Å². The van der Waals surface area contributed by atoms with Crippen LogP contribution in [0.5, 0.6) is 0 Å². The summed E-state index contributed by atoms with van der Waals surface area (Å²) < 4.78 is 0. The Balaban J connectivity index is 2.00. The molecule has 2 aromatic rings. The quantitative estimate of drug-likeness (QED) is 0.729. The number of hydrogen-bond acceptors (Lipinski definition) is 3. The summed E-state index contributed by atoms with van der Waals surface area (Å²) >= 11 is 0. The Labute approximate surface area is 149 Å². The molecule has 0 unspecified atom stereocenters. The van der Waals surface area contributed by atoms with Gasteiger partial charge in [0.25, 0.3) is 0 Å². The molecule has 3 nitrogen and oxygen atoms in total. The van der Waals surface area contributed by atoms with Crippen LogP contribution in [0.3, 0.4) is 0 Å². The summed E-state index contributed by atoms with van der Waals surface area (Å²) in [4.78, 5) is 21.3. The van der Waals surface area contributed by atoms with Crippen molar-refractivity contribution in [1.82, 2.24) is 9.97 Å². The molecule has 3 rings (SSSR count). The monoisotopic (exact) mass is 332 g/mol. The lowest BCUT2D eigenvalue weighted by atomic mass is 9.68. The molecule has 0 aromatic carbocycles. The highest BCUT2D eigenvalue weighted by molar-refractivity contribution is 6.14. The summed E-state index contributed by atoms with van der Waals surface area (Å²) in [6.07, 6.45) is 12.7. The Hall–Kier alpha value is -2.55. The molecule has 1 saturated carbocycles. The molecule has 1 aliphatic rings. The maximum atomic E-state index is 13.0. The van der Waals surface area contributed by atoms with E-state index in [2.05, 4.69) is 30.7 Å². The van der Waals surface area contributed by atoms with Gasteiger partial charge in [-0.1, -0.05) is 32.9 Å². The highest BCUT2D eigenvalue weighted by Gasteiger charge is 2.34. The van der Waals surface area contributed by atoms with Crippen molar-refractivity contribution < 1.29 is 4.79 Å². The average molecular weight is 332 g/mol. The molecule has 3 heteroatoms. The van der Waals surface area contributed by atoms with Crippen molar-refractivity contribution >= 4 is 17.9 Å². The predicted molar refractivity (Wildman–Crippen MR) is 102 cm³/mol. The second-order valence-electron chi connectivity index (χ2n) is 7.71. The topological polar surface area (TPSA) is 42.9 Å². The van der Waals surface area contributed by atoms with Crippen LogP contribution < -0.4 is 0 Å². The van der Waals surface area contributed by atoms with Crippen molar-refractivity contribution in [2.75, 3.05) is 0 Å². The zero-order valence-electron chi connectivity index (χ0n) is 15.1. The molecule has 0 amide bonds. The summed E-state index contributed by atoms with van der Waals surface area (Å²) in [5.74, 6) is 0.573. The van der Waals surface area contributed by atoms with Crippen LogP contribution in [0.2, 0.25) is 0 Å². The van der Waals surface area contributed by atoms with E-state index in [1.165, 1.54) is 0 Å². The fourth-order valence-corrected chi connectivity index (χ4v) is 3.18. The molecule has 1 fully saturated rings. The van der Waals surface area contributed by atoms with Gasteiger partial charge in [-0.05, 0) is 59.6 Å². The first-order valence-corrected chi connectivity index (χ1v) is 8.69. The number of rotatable bonds is 2. The van der Waals surface area contributed by atoms with Gasteiger partial charge in [-0.3, -0.25) is 14.8 Å². The molecular formula is C22H24N2O. The van der Waals surface area contributed by atoms with Crippen LogP contribution in [0.25, 0.3) is 12.2 Å². The van der Waals surface area contributed by atoms with Gasteiger partial charge in [0.1, 0.15) is 0 Å². The zero-order valence-corrected chi connectivity index (χ0v) is 15.1. The van der Waals surface area contributed by atoms with Crippen molar-refractivity contribution in [3.05, 3.63) is 71.3 Å². The summed E-state index contributed by atoms with van der Waals surface area (Å²) in [5, 5.41) is 0. The molecule has 0 radical (unpaired) electrons. The number of carbonyl (C=O) groups is 1. The SMILES string of the molecule is CC(C)(C)C1C/C(=C/c2cccnc2)C(=O)/C(=C\c2cccnc2)C1. The Morgan fingerprint density at radius 1 is 0.920 bits per heavy atom. The smallest absolute Gasteiger partial charge is 0.185 e. The Kier molecular flexibility index (Phi) is 4.93. The van der Waals surface area contributed by atoms with Crippen LogP contribution in [-0.2, 0) is 4.79 Å². The largest absolute Gasteiger partial charge is 0.289 e. The molecule has 25 heavy (non-hydrogen) atoms. The highest BCUT2D eigenvalue weighted by Crippen LogP contribution is 2.41. The van der Waals surface area contributed by atoms with Crippen molar-refractivity contribution in [2.45, 2.75) is 33.6 Å².